The zero-order valence-corrected chi connectivity index (χ0v) is 12.0. The largest absolute Gasteiger partial charge is 0.395 e. The van der Waals surface area contributed by atoms with E-state index in [0.717, 1.165) is 17.1 Å². The first kappa shape index (κ1) is 14.9. The molecule has 0 fully saturated rings. The lowest BCUT2D eigenvalue weighted by atomic mass is 10.2. The van der Waals surface area contributed by atoms with E-state index in [1.54, 1.807) is 16.2 Å². The number of urea groups is 1. The highest BCUT2D eigenvalue weighted by atomic mass is 32.1. The van der Waals surface area contributed by atoms with Crippen LogP contribution in [0.5, 0.6) is 0 Å². The van der Waals surface area contributed by atoms with Crippen LogP contribution in [0.1, 0.15) is 37.0 Å². The van der Waals surface area contributed by atoms with Crippen molar-refractivity contribution < 1.29 is 9.90 Å². The van der Waals surface area contributed by atoms with Crippen LogP contribution in [0.2, 0.25) is 0 Å². The van der Waals surface area contributed by atoms with Gasteiger partial charge in [-0.25, -0.2) is 9.78 Å². The molecule has 1 aromatic heterocycles. The van der Waals surface area contributed by atoms with E-state index in [4.69, 9.17) is 5.11 Å². The van der Waals surface area contributed by atoms with E-state index >= 15 is 0 Å². The third-order valence-electron chi connectivity index (χ3n) is 2.68. The Kier molecular flexibility index (Phi) is 6.07. The number of nitrogens with zero attached hydrogens (tertiary/aromatic N) is 2. The molecule has 6 heteroatoms. The van der Waals surface area contributed by atoms with Gasteiger partial charge >= 0.3 is 6.03 Å². The van der Waals surface area contributed by atoms with E-state index in [0.29, 0.717) is 13.1 Å². The summed E-state index contributed by atoms with van der Waals surface area (Å²) in [5.74, 6) is 0. The topological polar surface area (TPSA) is 65.5 Å². The number of thiazole rings is 1. The van der Waals surface area contributed by atoms with Crippen molar-refractivity contribution in [2.24, 2.45) is 0 Å². The van der Waals surface area contributed by atoms with E-state index in [2.05, 4.69) is 10.3 Å². The Hall–Kier alpha value is -1.14. The second kappa shape index (κ2) is 7.33. The van der Waals surface area contributed by atoms with Gasteiger partial charge in [0, 0.05) is 24.2 Å². The van der Waals surface area contributed by atoms with Crippen molar-refractivity contribution in [3.63, 3.8) is 0 Å². The van der Waals surface area contributed by atoms with Gasteiger partial charge in [0.05, 0.1) is 12.6 Å². The number of carbonyl (C=O) groups is 1. The number of hydrogen-bond donors (Lipinski definition) is 2. The Labute approximate surface area is 112 Å². The lowest BCUT2D eigenvalue weighted by molar-refractivity contribution is 0.177. The number of nitrogens with one attached hydrogen (secondary N) is 1. The van der Waals surface area contributed by atoms with E-state index in [1.165, 1.54) is 0 Å². The maximum absolute atomic E-state index is 12.0. The maximum Gasteiger partial charge on any atom is 0.318 e. The molecule has 1 unspecified atom stereocenters. The fourth-order valence-electron chi connectivity index (χ4n) is 1.63. The summed E-state index contributed by atoms with van der Waals surface area (Å²) in [4.78, 5) is 18.0. The van der Waals surface area contributed by atoms with Crippen LogP contribution in [0.4, 0.5) is 4.79 Å². The Morgan fingerprint density at radius 2 is 2.33 bits per heavy atom. The van der Waals surface area contributed by atoms with Crippen LogP contribution in [-0.4, -0.2) is 40.7 Å². The van der Waals surface area contributed by atoms with E-state index in [9.17, 15) is 4.79 Å². The molecule has 0 aliphatic heterocycles. The smallest absolute Gasteiger partial charge is 0.318 e. The summed E-state index contributed by atoms with van der Waals surface area (Å²) in [5.41, 5.74) is 0.977. The van der Waals surface area contributed by atoms with Gasteiger partial charge in [0.1, 0.15) is 5.01 Å². The Balaban J connectivity index is 2.65. The summed E-state index contributed by atoms with van der Waals surface area (Å²) in [7, 11) is 0. The van der Waals surface area contributed by atoms with Crippen molar-refractivity contribution in [2.45, 2.75) is 33.2 Å². The number of hydrogen-bond acceptors (Lipinski definition) is 4. The molecule has 0 bridgehead atoms. The molecule has 2 amide bonds. The van der Waals surface area contributed by atoms with E-state index in [1.807, 2.05) is 26.2 Å². The summed E-state index contributed by atoms with van der Waals surface area (Å²) in [5, 5.41) is 14.8. The molecule has 0 aromatic carbocycles. The average molecular weight is 271 g/mol. The van der Waals surface area contributed by atoms with Crippen LogP contribution in [0.25, 0.3) is 0 Å². The number of carbonyl (C=O) groups excluding carboxylic acids is 1. The third-order valence-corrected chi connectivity index (χ3v) is 3.76. The SMILES string of the molecule is CCC(NC(=O)N(CC)CCO)c1nc(C)cs1. The zero-order chi connectivity index (χ0) is 13.5. The van der Waals surface area contributed by atoms with Crippen molar-refractivity contribution in [2.75, 3.05) is 19.7 Å². The molecule has 1 rings (SSSR count). The molecule has 5 nitrogen and oxygen atoms in total. The van der Waals surface area contributed by atoms with Crippen molar-refractivity contribution >= 4 is 17.4 Å². The zero-order valence-electron chi connectivity index (χ0n) is 11.1. The van der Waals surface area contributed by atoms with Crippen molar-refractivity contribution in [1.29, 1.82) is 0 Å². The minimum absolute atomic E-state index is 0.0194. The molecule has 1 atom stereocenters. The highest BCUT2D eigenvalue weighted by Crippen LogP contribution is 2.20. The second-order valence-corrected chi connectivity index (χ2v) is 4.93. The van der Waals surface area contributed by atoms with Crippen LogP contribution in [0, 0.1) is 6.92 Å². The number of likely N-dealkylation sites (N-methyl/N-ethyl adjacent to an activating group) is 1. The number of aromatic nitrogens is 1. The normalized spacial score (nSPS) is 12.2. The van der Waals surface area contributed by atoms with Gasteiger partial charge in [0.2, 0.25) is 0 Å². The van der Waals surface area contributed by atoms with E-state index in [-0.39, 0.29) is 18.7 Å². The molecule has 2 N–H and O–H groups in total. The predicted molar refractivity (Wildman–Crippen MR) is 72.7 cm³/mol. The van der Waals surface area contributed by atoms with Gasteiger partial charge in [0.25, 0.3) is 0 Å². The van der Waals surface area contributed by atoms with Crippen molar-refractivity contribution in [1.82, 2.24) is 15.2 Å². The summed E-state index contributed by atoms with van der Waals surface area (Å²) < 4.78 is 0. The fourth-order valence-corrected chi connectivity index (χ4v) is 2.57. The standard InChI is InChI=1S/C12H21N3O2S/c1-4-10(11-13-9(3)8-18-11)14-12(17)15(5-2)6-7-16/h8,10,16H,4-7H2,1-3H3,(H,14,17). The minimum atomic E-state index is -0.147. The van der Waals surface area contributed by atoms with Crippen LogP contribution in [-0.2, 0) is 0 Å². The minimum Gasteiger partial charge on any atom is -0.395 e. The second-order valence-electron chi connectivity index (χ2n) is 4.04. The number of amides is 2. The van der Waals surface area contributed by atoms with E-state index < -0.39 is 0 Å². The van der Waals surface area contributed by atoms with Gasteiger partial charge in [-0.2, -0.15) is 0 Å². The maximum atomic E-state index is 12.0. The molecule has 1 aromatic rings. The molecule has 18 heavy (non-hydrogen) atoms. The summed E-state index contributed by atoms with van der Waals surface area (Å²) >= 11 is 1.56. The Bertz CT molecular complexity index is 381. The number of aliphatic hydroxyl groups is 1. The quantitative estimate of drug-likeness (QED) is 0.831. The molecular formula is C12H21N3O2S. The first-order chi connectivity index (χ1) is 8.62. The molecule has 102 valence electrons. The molecular weight excluding hydrogens is 250 g/mol. The highest BCUT2D eigenvalue weighted by Gasteiger charge is 2.18. The summed E-state index contributed by atoms with van der Waals surface area (Å²) in [6, 6.07) is -0.199. The van der Waals surface area contributed by atoms with Crippen molar-refractivity contribution in [3.05, 3.63) is 16.1 Å². The molecule has 1 heterocycles. The summed E-state index contributed by atoms with van der Waals surface area (Å²) in [6.07, 6.45) is 0.801. The average Bonchev–Trinajstić information content (AvgIpc) is 2.79. The number of rotatable bonds is 6. The number of aliphatic hydroxyl groups excluding tert-OH is 1. The van der Waals surface area contributed by atoms with Crippen LogP contribution in [0.15, 0.2) is 5.38 Å². The van der Waals surface area contributed by atoms with Gasteiger partial charge < -0.3 is 15.3 Å². The highest BCUT2D eigenvalue weighted by molar-refractivity contribution is 7.09. The van der Waals surface area contributed by atoms with Crippen LogP contribution >= 0.6 is 11.3 Å². The van der Waals surface area contributed by atoms with Crippen LogP contribution in [0.3, 0.4) is 0 Å². The molecule has 0 saturated heterocycles. The first-order valence-electron chi connectivity index (χ1n) is 6.20. The van der Waals surface area contributed by atoms with Gasteiger partial charge in [-0.15, -0.1) is 11.3 Å². The predicted octanol–water partition coefficient (Wildman–Crippen LogP) is 1.93. The molecule has 0 aliphatic rings. The lowest BCUT2D eigenvalue weighted by Gasteiger charge is -2.23. The summed E-state index contributed by atoms with van der Waals surface area (Å²) in [6.45, 7) is 6.77. The van der Waals surface area contributed by atoms with Crippen LogP contribution < -0.4 is 5.32 Å². The molecule has 0 aliphatic carbocycles. The van der Waals surface area contributed by atoms with Crippen molar-refractivity contribution in [3.8, 4) is 0 Å². The molecule has 0 saturated carbocycles. The first-order valence-corrected chi connectivity index (χ1v) is 7.08. The third kappa shape index (κ3) is 3.96. The van der Waals surface area contributed by atoms with Gasteiger partial charge in [-0.05, 0) is 20.3 Å². The lowest BCUT2D eigenvalue weighted by Crippen LogP contribution is -2.42. The Morgan fingerprint density at radius 1 is 1.61 bits per heavy atom. The molecule has 0 radical (unpaired) electrons. The number of aryl methyl sites for hydroxylation is 1. The monoisotopic (exact) mass is 271 g/mol. The fraction of sp³-hybridized carbons (Fsp3) is 0.667. The molecule has 0 spiro atoms. The van der Waals surface area contributed by atoms with Gasteiger partial charge in [-0.3, -0.25) is 0 Å². The Morgan fingerprint density at radius 3 is 2.78 bits per heavy atom. The van der Waals surface area contributed by atoms with Gasteiger partial charge in [-0.1, -0.05) is 6.92 Å². The van der Waals surface area contributed by atoms with Gasteiger partial charge in [0.15, 0.2) is 0 Å².